The Morgan fingerprint density at radius 1 is 1.23 bits per heavy atom. The normalized spacial score (nSPS) is 11.9. The molecule has 2 amide bonds. The Morgan fingerprint density at radius 2 is 2.10 bits per heavy atom. The molecule has 2 N–H and O–H groups in total. The van der Waals surface area contributed by atoms with Gasteiger partial charge in [0.15, 0.2) is 5.13 Å². The minimum absolute atomic E-state index is 0.202. The molecule has 1 atom stereocenters. The Bertz CT molecular complexity index is 1210. The van der Waals surface area contributed by atoms with Crippen LogP contribution in [0.1, 0.15) is 24.3 Å². The highest BCUT2D eigenvalue weighted by molar-refractivity contribution is 7.14. The van der Waals surface area contributed by atoms with Crippen molar-refractivity contribution in [2.75, 3.05) is 5.32 Å². The molecule has 0 fully saturated rings. The second-order valence-corrected chi connectivity index (χ2v) is 7.65. The summed E-state index contributed by atoms with van der Waals surface area (Å²) in [6.45, 7) is 3.72. The predicted molar refractivity (Wildman–Crippen MR) is 114 cm³/mol. The number of hydrogen-bond acceptors (Lipinski definition) is 7. The third kappa shape index (κ3) is 4.33. The van der Waals surface area contributed by atoms with Gasteiger partial charge in [-0.3, -0.25) is 14.6 Å². The summed E-state index contributed by atoms with van der Waals surface area (Å²) < 4.78 is 1.69. The Hall–Kier alpha value is -3.66. The van der Waals surface area contributed by atoms with Crippen LogP contribution in [0.4, 0.5) is 5.13 Å². The first-order chi connectivity index (χ1) is 14.5. The standard InChI is InChI=1S/C20H19N7O2S/c1-12(22-19(29)18-11-30-20(24-18)23-13(2)28)9-27-10-17(25-26-27)15-5-3-7-16-14(15)6-4-8-21-16/h3-8,10-12H,9H2,1-2H3,(H,22,29)(H,23,24,28)/t12-/m1/s1. The first-order valence-electron chi connectivity index (χ1n) is 9.28. The minimum Gasteiger partial charge on any atom is -0.346 e. The van der Waals surface area contributed by atoms with Crippen molar-refractivity contribution in [3.05, 3.63) is 53.8 Å². The fourth-order valence-electron chi connectivity index (χ4n) is 3.05. The smallest absolute Gasteiger partial charge is 0.271 e. The maximum absolute atomic E-state index is 12.4. The topological polar surface area (TPSA) is 115 Å². The van der Waals surface area contributed by atoms with Gasteiger partial charge in [-0.1, -0.05) is 23.4 Å². The summed E-state index contributed by atoms with van der Waals surface area (Å²) in [5.74, 6) is -0.538. The van der Waals surface area contributed by atoms with Crippen LogP contribution in [-0.4, -0.2) is 42.8 Å². The molecule has 0 spiro atoms. The SMILES string of the molecule is CC(=O)Nc1nc(C(=O)N[C@H](C)Cn2cc(-c3cccc4ncccc34)nn2)cs1. The first kappa shape index (κ1) is 19.6. The molecule has 0 aliphatic carbocycles. The number of carbonyl (C=O) groups is 2. The Balaban J connectivity index is 1.42. The zero-order valence-electron chi connectivity index (χ0n) is 16.4. The molecule has 9 nitrogen and oxygen atoms in total. The molecule has 3 heterocycles. The highest BCUT2D eigenvalue weighted by Crippen LogP contribution is 2.25. The van der Waals surface area contributed by atoms with E-state index in [1.807, 2.05) is 43.5 Å². The van der Waals surface area contributed by atoms with Gasteiger partial charge >= 0.3 is 0 Å². The fraction of sp³-hybridized carbons (Fsp3) is 0.200. The lowest BCUT2D eigenvalue weighted by Gasteiger charge is -2.12. The second kappa shape index (κ2) is 8.37. The molecular formula is C20H19N7O2S. The number of amides is 2. The molecule has 4 rings (SSSR count). The van der Waals surface area contributed by atoms with E-state index in [1.165, 1.54) is 18.3 Å². The van der Waals surface area contributed by atoms with E-state index in [2.05, 4.69) is 30.9 Å². The van der Waals surface area contributed by atoms with Crippen LogP contribution in [0.2, 0.25) is 0 Å². The molecule has 10 heteroatoms. The third-order valence-electron chi connectivity index (χ3n) is 4.32. The summed E-state index contributed by atoms with van der Waals surface area (Å²) in [7, 11) is 0. The highest BCUT2D eigenvalue weighted by atomic mass is 32.1. The van der Waals surface area contributed by atoms with E-state index in [9.17, 15) is 9.59 Å². The lowest BCUT2D eigenvalue weighted by atomic mass is 10.1. The summed E-state index contributed by atoms with van der Waals surface area (Å²) in [6.07, 6.45) is 3.61. The largest absolute Gasteiger partial charge is 0.346 e. The van der Waals surface area contributed by atoms with Crippen LogP contribution < -0.4 is 10.6 Å². The van der Waals surface area contributed by atoms with Crippen molar-refractivity contribution in [1.29, 1.82) is 0 Å². The van der Waals surface area contributed by atoms with Crippen LogP contribution in [0.3, 0.4) is 0 Å². The number of thiazole rings is 1. The average molecular weight is 421 g/mol. The third-order valence-corrected chi connectivity index (χ3v) is 5.08. The fourth-order valence-corrected chi connectivity index (χ4v) is 3.78. The van der Waals surface area contributed by atoms with Crippen LogP contribution in [0.5, 0.6) is 0 Å². The van der Waals surface area contributed by atoms with Gasteiger partial charge in [0.2, 0.25) is 5.91 Å². The number of nitrogens with zero attached hydrogens (tertiary/aromatic N) is 5. The van der Waals surface area contributed by atoms with Crippen LogP contribution >= 0.6 is 11.3 Å². The molecule has 0 saturated carbocycles. The highest BCUT2D eigenvalue weighted by Gasteiger charge is 2.15. The lowest BCUT2D eigenvalue weighted by Crippen LogP contribution is -2.36. The van der Waals surface area contributed by atoms with Crippen molar-refractivity contribution in [1.82, 2.24) is 30.3 Å². The maximum Gasteiger partial charge on any atom is 0.271 e. The van der Waals surface area contributed by atoms with E-state index in [4.69, 9.17) is 0 Å². The van der Waals surface area contributed by atoms with Gasteiger partial charge in [-0.05, 0) is 19.1 Å². The molecule has 0 bridgehead atoms. The zero-order chi connectivity index (χ0) is 21.1. The van der Waals surface area contributed by atoms with Crippen LogP contribution in [0.15, 0.2) is 48.1 Å². The Kier molecular flexibility index (Phi) is 5.48. The number of nitrogens with one attached hydrogen (secondary N) is 2. The van der Waals surface area contributed by atoms with Gasteiger partial charge in [-0.15, -0.1) is 16.4 Å². The second-order valence-electron chi connectivity index (χ2n) is 6.80. The predicted octanol–water partition coefficient (Wildman–Crippen LogP) is 2.73. The summed E-state index contributed by atoms with van der Waals surface area (Å²) in [5.41, 5.74) is 2.85. The zero-order valence-corrected chi connectivity index (χ0v) is 17.2. The lowest BCUT2D eigenvalue weighted by molar-refractivity contribution is -0.114. The van der Waals surface area contributed by atoms with E-state index < -0.39 is 0 Å². The van der Waals surface area contributed by atoms with Crippen LogP contribution in [0, 0.1) is 0 Å². The van der Waals surface area contributed by atoms with E-state index in [0.717, 1.165) is 22.2 Å². The van der Waals surface area contributed by atoms with E-state index >= 15 is 0 Å². The van der Waals surface area contributed by atoms with Gasteiger partial charge in [0.25, 0.3) is 5.91 Å². The number of aromatic nitrogens is 5. The molecule has 0 radical (unpaired) electrons. The molecule has 0 aliphatic heterocycles. The molecule has 30 heavy (non-hydrogen) atoms. The molecule has 0 aliphatic rings. The van der Waals surface area contributed by atoms with Gasteiger partial charge in [-0.2, -0.15) is 0 Å². The number of pyridine rings is 1. The van der Waals surface area contributed by atoms with Crippen LogP contribution in [0.25, 0.3) is 22.2 Å². The van der Waals surface area contributed by atoms with E-state index in [0.29, 0.717) is 11.7 Å². The van der Waals surface area contributed by atoms with Crippen molar-refractivity contribution in [2.45, 2.75) is 26.4 Å². The quantitative estimate of drug-likeness (QED) is 0.495. The minimum atomic E-state index is -0.309. The van der Waals surface area contributed by atoms with Crippen molar-refractivity contribution in [3.63, 3.8) is 0 Å². The number of rotatable bonds is 6. The van der Waals surface area contributed by atoms with Gasteiger partial charge in [-0.25, -0.2) is 9.67 Å². The molecule has 1 aromatic carbocycles. The van der Waals surface area contributed by atoms with Gasteiger partial charge in [0.1, 0.15) is 11.4 Å². The van der Waals surface area contributed by atoms with E-state index in [-0.39, 0.29) is 23.6 Å². The van der Waals surface area contributed by atoms with Gasteiger partial charge < -0.3 is 10.6 Å². The van der Waals surface area contributed by atoms with Crippen molar-refractivity contribution in [3.8, 4) is 11.3 Å². The first-order valence-corrected chi connectivity index (χ1v) is 10.2. The van der Waals surface area contributed by atoms with Crippen molar-refractivity contribution < 1.29 is 9.59 Å². The van der Waals surface area contributed by atoms with Gasteiger partial charge in [0, 0.05) is 35.5 Å². The number of hydrogen-bond donors (Lipinski definition) is 2. The Labute approximate surface area is 176 Å². The monoisotopic (exact) mass is 421 g/mol. The summed E-state index contributed by atoms with van der Waals surface area (Å²) >= 11 is 1.20. The number of carbonyl (C=O) groups excluding carboxylic acids is 2. The Morgan fingerprint density at radius 3 is 2.93 bits per heavy atom. The van der Waals surface area contributed by atoms with Crippen LogP contribution in [-0.2, 0) is 11.3 Å². The molecule has 152 valence electrons. The van der Waals surface area contributed by atoms with Gasteiger partial charge in [0.05, 0.1) is 18.3 Å². The summed E-state index contributed by atoms with van der Waals surface area (Å²) in [4.78, 5) is 32.0. The molecule has 4 aromatic rings. The molecular weight excluding hydrogens is 402 g/mol. The average Bonchev–Trinajstić information content (AvgIpc) is 3.36. The maximum atomic E-state index is 12.4. The summed E-state index contributed by atoms with van der Waals surface area (Å²) in [5, 5.41) is 16.9. The molecule has 0 unspecified atom stereocenters. The van der Waals surface area contributed by atoms with Crippen molar-refractivity contribution in [2.24, 2.45) is 0 Å². The van der Waals surface area contributed by atoms with Crippen molar-refractivity contribution >= 4 is 39.2 Å². The summed E-state index contributed by atoms with van der Waals surface area (Å²) in [6, 6.07) is 9.57. The molecule has 0 saturated heterocycles. The number of anilines is 1. The van der Waals surface area contributed by atoms with E-state index in [1.54, 1.807) is 16.3 Å². The number of fused-ring (bicyclic) bond motifs is 1. The molecule has 3 aromatic heterocycles. The number of benzene rings is 1.